The lowest BCUT2D eigenvalue weighted by Crippen LogP contribution is -2.38. The maximum absolute atomic E-state index is 5.90. The van der Waals surface area contributed by atoms with Gasteiger partial charge >= 0.3 is 0 Å². The molecule has 6 heteroatoms. The van der Waals surface area contributed by atoms with Crippen LogP contribution in [0.1, 0.15) is 31.1 Å². The molecule has 2 unspecified atom stereocenters. The third-order valence-corrected chi connectivity index (χ3v) is 5.22. The molecule has 2 heterocycles. The van der Waals surface area contributed by atoms with Crippen molar-refractivity contribution in [2.75, 3.05) is 26.7 Å². The van der Waals surface area contributed by atoms with E-state index in [1.54, 1.807) is 0 Å². The highest BCUT2D eigenvalue weighted by Crippen LogP contribution is 2.31. The van der Waals surface area contributed by atoms with Gasteiger partial charge in [-0.25, -0.2) is 0 Å². The van der Waals surface area contributed by atoms with Crippen molar-refractivity contribution in [3.8, 4) is 0 Å². The maximum Gasteiger partial charge on any atom is 0.183 e. The van der Waals surface area contributed by atoms with Crippen LogP contribution in [0.25, 0.3) is 0 Å². The third-order valence-electron chi connectivity index (χ3n) is 3.51. The fourth-order valence-corrected chi connectivity index (χ4v) is 3.05. The molecule has 2 rings (SSSR count). The Balaban J connectivity index is 1.99. The molecule has 1 saturated heterocycles. The van der Waals surface area contributed by atoms with Crippen LogP contribution in [-0.4, -0.2) is 37.7 Å². The summed E-state index contributed by atoms with van der Waals surface area (Å²) in [5.41, 5.74) is 5.90. The highest BCUT2D eigenvalue weighted by Gasteiger charge is 2.24. The Bertz CT molecular complexity index is 386. The Morgan fingerprint density at radius 2 is 2.26 bits per heavy atom. The van der Waals surface area contributed by atoms with Crippen molar-refractivity contribution in [1.82, 2.24) is 4.90 Å². The van der Waals surface area contributed by atoms with Gasteiger partial charge in [-0.2, -0.15) is 0 Å². The van der Waals surface area contributed by atoms with Gasteiger partial charge in [-0.05, 0) is 64.2 Å². The molecule has 2 N–H and O–H groups in total. The van der Waals surface area contributed by atoms with Gasteiger partial charge in [0.25, 0.3) is 0 Å². The van der Waals surface area contributed by atoms with Crippen LogP contribution in [0.3, 0.4) is 0 Å². The molecule has 4 nitrogen and oxygen atoms in total. The molecule has 1 aliphatic heterocycles. The molecule has 1 aliphatic rings. The minimum absolute atomic E-state index is 0.0770. The van der Waals surface area contributed by atoms with Crippen molar-refractivity contribution in [2.24, 2.45) is 5.73 Å². The number of likely N-dealkylation sites (N-methyl/N-ethyl adjacent to an activating group) is 1. The van der Waals surface area contributed by atoms with Crippen LogP contribution in [0.15, 0.2) is 19.6 Å². The normalized spacial score (nSPS) is 21.8. The monoisotopic (exact) mass is 394 g/mol. The number of hydrogen-bond acceptors (Lipinski definition) is 4. The van der Waals surface area contributed by atoms with Gasteiger partial charge in [-0.3, -0.25) is 4.90 Å². The molecule has 1 fully saturated rings. The van der Waals surface area contributed by atoms with Gasteiger partial charge in [0, 0.05) is 19.7 Å². The average Bonchev–Trinajstić information content (AvgIpc) is 2.71. The van der Waals surface area contributed by atoms with E-state index in [-0.39, 0.29) is 6.04 Å². The van der Waals surface area contributed by atoms with E-state index in [4.69, 9.17) is 14.9 Å². The fraction of sp³-hybridized carbons (Fsp3) is 0.692. The standard InChI is InChI=1S/C13H20Br2N2O2/c1-17(8-9-4-2-3-5-18-9)11(7-16)12-6-10(14)13(15)19-12/h6,9,11H,2-5,7-8,16H2,1H3. The molecular formula is C13H20Br2N2O2. The van der Waals surface area contributed by atoms with Gasteiger partial charge in [0.1, 0.15) is 5.76 Å². The second kappa shape index (κ2) is 7.22. The van der Waals surface area contributed by atoms with Crippen LogP contribution in [0, 0.1) is 0 Å². The highest BCUT2D eigenvalue weighted by atomic mass is 79.9. The number of nitrogens with zero attached hydrogens (tertiary/aromatic N) is 1. The van der Waals surface area contributed by atoms with Crippen molar-refractivity contribution in [3.63, 3.8) is 0 Å². The largest absolute Gasteiger partial charge is 0.451 e. The number of halogens is 2. The summed E-state index contributed by atoms with van der Waals surface area (Å²) < 4.78 is 13.1. The average molecular weight is 396 g/mol. The van der Waals surface area contributed by atoms with Crippen molar-refractivity contribution in [1.29, 1.82) is 0 Å². The number of furan rings is 1. The summed E-state index contributed by atoms with van der Waals surface area (Å²) in [6.45, 7) is 2.29. The van der Waals surface area contributed by atoms with E-state index in [0.717, 1.165) is 29.8 Å². The quantitative estimate of drug-likeness (QED) is 0.830. The molecule has 0 aromatic carbocycles. The van der Waals surface area contributed by atoms with Gasteiger partial charge in [0.2, 0.25) is 0 Å². The van der Waals surface area contributed by atoms with Crippen LogP contribution in [0.2, 0.25) is 0 Å². The summed E-state index contributed by atoms with van der Waals surface area (Å²) >= 11 is 6.80. The zero-order chi connectivity index (χ0) is 13.8. The minimum atomic E-state index is 0.0770. The molecule has 0 aliphatic carbocycles. The zero-order valence-corrected chi connectivity index (χ0v) is 14.2. The van der Waals surface area contributed by atoms with Crippen molar-refractivity contribution in [2.45, 2.75) is 31.4 Å². The first-order valence-corrected chi connectivity index (χ1v) is 8.17. The Morgan fingerprint density at radius 1 is 1.47 bits per heavy atom. The van der Waals surface area contributed by atoms with Gasteiger partial charge in [0.05, 0.1) is 16.6 Å². The van der Waals surface area contributed by atoms with E-state index < -0.39 is 0 Å². The number of hydrogen-bond donors (Lipinski definition) is 1. The lowest BCUT2D eigenvalue weighted by atomic mass is 10.1. The topological polar surface area (TPSA) is 51.6 Å². The van der Waals surface area contributed by atoms with Gasteiger partial charge in [0.15, 0.2) is 4.67 Å². The minimum Gasteiger partial charge on any atom is -0.451 e. The number of nitrogens with two attached hydrogens (primary N) is 1. The van der Waals surface area contributed by atoms with Gasteiger partial charge in [-0.15, -0.1) is 0 Å². The van der Waals surface area contributed by atoms with Crippen molar-refractivity contribution >= 4 is 31.9 Å². The van der Waals surface area contributed by atoms with Crippen molar-refractivity contribution in [3.05, 3.63) is 21.0 Å². The second-order valence-electron chi connectivity index (χ2n) is 4.95. The molecule has 0 bridgehead atoms. The molecule has 0 amide bonds. The van der Waals surface area contributed by atoms with Gasteiger partial charge < -0.3 is 14.9 Å². The lowest BCUT2D eigenvalue weighted by molar-refractivity contribution is -0.00921. The van der Waals surface area contributed by atoms with Crippen LogP contribution in [0.4, 0.5) is 0 Å². The Labute approximate surface area is 130 Å². The molecule has 0 spiro atoms. The lowest BCUT2D eigenvalue weighted by Gasteiger charge is -2.31. The first-order chi connectivity index (χ1) is 9.11. The molecule has 0 radical (unpaired) electrons. The molecule has 2 atom stereocenters. The van der Waals surface area contributed by atoms with Crippen LogP contribution >= 0.6 is 31.9 Å². The molecule has 19 heavy (non-hydrogen) atoms. The maximum atomic E-state index is 5.90. The smallest absolute Gasteiger partial charge is 0.183 e. The van der Waals surface area contributed by atoms with Crippen LogP contribution < -0.4 is 5.73 Å². The van der Waals surface area contributed by atoms with E-state index >= 15 is 0 Å². The van der Waals surface area contributed by atoms with E-state index in [2.05, 4.69) is 43.8 Å². The first kappa shape index (κ1) is 15.5. The first-order valence-electron chi connectivity index (χ1n) is 6.58. The zero-order valence-electron chi connectivity index (χ0n) is 11.1. The molecule has 0 saturated carbocycles. The Morgan fingerprint density at radius 3 is 2.79 bits per heavy atom. The Hall–Kier alpha value is 0.120. The number of rotatable bonds is 5. The van der Waals surface area contributed by atoms with E-state index in [9.17, 15) is 0 Å². The molecular weight excluding hydrogens is 376 g/mol. The van der Waals surface area contributed by atoms with E-state index in [0.29, 0.717) is 17.3 Å². The predicted octanol–water partition coefficient (Wildman–Crippen LogP) is 3.31. The second-order valence-corrected chi connectivity index (χ2v) is 6.52. The highest BCUT2D eigenvalue weighted by molar-refractivity contribution is 9.13. The summed E-state index contributed by atoms with van der Waals surface area (Å²) in [7, 11) is 2.07. The van der Waals surface area contributed by atoms with Crippen LogP contribution in [-0.2, 0) is 4.74 Å². The van der Waals surface area contributed by atoms with E-state index in [1.807, 2.05) is 6.07 Å². The molecule has 1 aromatic heterocycles. The Kier molecular flexibility index (Phi) is 5.89. The summed E-state index contributed by atoms with van der Waals surface area (Å²) in [5.74, 6) is 0.875. The molecule has 108 valence electrons. The van der Waals surface area contributed by atoms with E-state index in [1.165, 1.54) is 12.8 Å². The number of ether oxygens (including phenoxy) is 1. The summed E-state index contributed by atoms with van der Waals surface area (Å²) in [6, 6.07) is 2.05. The van der Waals surface area contributed by atoms with Crippen LogP contribution in [0.5, 0.6) is 0 Å². The summed E-state index contributed by atoms with van der Waals surface area (Å²) in [5, 5.41) is 0. The summed E-state index contributed by atoms with van der Waals surface area (Å²) in [4.78, 5) is 2.22. The predicted molar refractivity (Wildman–Crippen MR) is 82.1 cm³/mol. The van der Waals surface area contributed by atoms with Gasteiger partial charge in [-0.1, -0.05) is 0 Å². The third kappa shape index (κ3) is 4.04. The SMILES string of the molecule is CN(CC1CCCCO1)C(CN)c1cc(Br)c(Br)o1. The molecule has 1 aromatic rings. The summed E-state index contributed by atoms with van der Waals surface area (Å²) in [6.07, 6.45) is 3.88. The fourth-order valence-electron chi connectivity index (χ4n) is 2.44. The van der Waals surface area contributed by atoms with Crippen molar-refractivity contribution < 1.29 is 9.15 Å².